The number of nitrogens with one attached hydrogen (secondary N) is 1. The van der Waals surface area contributed by atoms with Gasteiger partial charge >= 0.3 is 0 Å². The van der Waals surface area contributed by atoms with Gasteiger partial charge in [-0.15, -0.1) is 0 Å². The predicted octanol–water partition coefficient (Wildman–Crippen LogP) is 2.04. The van der Waals surface area contributed by atoms with Gasteiger partial charge in [-0.1, -0.05) is 13.8 Å². The van der Waals surface area contributed by atoms with Crippen molar-refractivity contribution in [2.45, 2.75) is 39.8 Å². The molecule has 4 heteroatoms. The molecule has 0 saturated carbocycles. The van der Waals surface area contributed by atoms with Crippen molar-refractivity contribution in [2.75, 3.05) is 6.54 Å². The fourth-order valence-corrected chi connectivity index (χ4v) is 1.93. The van der Waals surface area contributed by atoms with E-state index in [1.54, 1.807) is 19.1 Å². The molecule has 94 valence electrons. The van der Waals surface area contributed by atoms with Crippen LogP contribution in [0.4, 0.5) is 0 Å². The van der Waals surface area contributed by atoms with Gasteiger partial charge in [-0.05, 0) is 30.9 Å². The molecule has 0 aromatic carbocycles. The van der Waals surface area contributed by atoms with Crippen molar-refractivity contribution in [3.8, 4) is 6.07 Å². The monoisotopic (exact) mass is 236 g/mol. The molecule has 0 fully saturated rings. The van der Waals surface area contributed by atoms with E-state index in [4.69, 9.17) is 9.68 Å². The highest BCUT2D eigenvalue weighted by Crippen LogP contribution is 2.21. The van der Waals surface area contributed by atoms with Crippen molar-refractivity contribution in [1.29, 1.82) is 5.26 Å². The molecule has 1 atom stereocenters. The fourth-order valence-electron chi connectivity index (χ4n) is 1.93. The minimum absolute atomic E-state index is 0.0405. The summed E-state index contributed by atoms with van der Waals surface area (Å²) < 4.78 is 5.26. The van der Waals surface area contributed by atoms with Gasteiger partial charge < -0.3 is 14.8 Å². The lowest BCUT2D eigenvalue weighted by molar-refractivity contribution is 0.128. The maximum absolute atomic E-state index is 9.36. The lowest BCUT2D eigenvalue weighted by Gasteiger charge is -2.26. The molecule has 4 nitrogen and oxygen atoms in total. The van der Waals surface area contributed by atoms with E-state index < -0.39 is 0 Å². The van der Waals surface area contributed by atoms with E-state index in [0.717, 1.165) is 18.7 Å². The first-order chi connectivity index (χ1) is 7.93. The zero-order chi connectivity index (χ0) is 12.9. The second-order valence-corrected chi connectivity index (χ2v) is 5.20. The third kappa shape index (κ3) is 5.03. The average molecular weight is 236 g/mol. The third-order valence-corrected chi connectivity index (χ3v) is 2.52. The van der Waals surface area contributed by atoms with Crippen LogP contribution in [0.25, 0.3) is 0 Å². The van der Waals surface area contributed by atoms with Crippen LogP contribution in [0.2, 0.25) is 0 Å². The van der Waals surface area contributed by atoms with Crippen molar-refractivity contribution >= 4 is 0 Å². The number of hydrogen-bond donors (Lipinski definition) is 2. The number of aliphatic hydroxyl groups is 1. The first kappa shape index (κ1) is 13.8. The maximum Gasteiger partial charge on any atom is 0.203 e. The van der Waals surface area contributed by atoms with Crippen molar-refractivity contribution in [2.24, 2.45) is 5.41 Å². The van der Waals surface area contributed by atoms with E-state index in [1.165, 1.54) is 0 Å². The highest BCUT2D eigenvalue weighted by atomic mass is 16.3. The smallest absolute Gasteiger partial charge is 0.203 e. The molecule has 0 saturated heterocycles. The van der Waals surface area contributed by atoms with Gasteiger partial charge in [0.2, 0.25) is 5.76 Å². The van der Waals surface area contributed by atoms with Gasteiger partial charge in [0.1, 0.15) is 11.8 Å². The van der Waals surface area contributed by atoms with Crippen LogP contribution >= 0.6 is 0 Å². The van der Waals surface area contributed by atoms with Crippen molar-refractivity contribution in [1.82, 2.24) is 5.32 Å². The van der Waals surface area contributed by atoms with Crippen LogP contribution in [0.15, 0.2) is 16.5 Å². The number of aliphatic hydroxyl groups excluding tert-OH is 1. The Morgan fingerprint density at radius 1 is 1.53 bits per heavy atom. The Kier molecular flexibility index (Phi) is 4.73. The lowest BCUT2D eigenvalue weighted by atomic mass is 9.87. The third-order valence-electron chi connectivity index (χ3n) is 2.52. The normalized spacial score (nSPS) is 13.4. The summed E-state index contributed by atoms with van der Waals surface area (Å²) in [6.07, 6.45) is 0.460. The van der Waals surface area contributed by atoms with Gasteiger partial charge in [0.05, 0.1) is 12.6 Å². The molecule has 1 rings (SSSR count). The summed E-state index contributed by atoms with van der Waals surface area (Å²) >= 11 is 0. The van der Waals surface area contributed by atoms with E-state index >= 15 is 0 Å². The molecule has 0 aliphatic carbocycles. The highest BCUT2D eigenvalue weighted by Gasteiger charge is 2.19. The number of nitriles is 1. The van der Waals surface area contributed by atoms with E-state index in [2.05, 4.69) is 19.2 Å². The fraction of sp³-hybridized carbons (Fsp3) is 0.615. The quantitative estimate of drug-likeness (QED) is 0.793. The predicted molar refractivity (Wildman–Crippen MR) is 65.2 cm³/mol. The minimum Gasteiger partial charge on any atom is -0.449 e. The summed E-state index contributed by atoms with van der Waals surface area (Å²) in [5, 5.41) is 21.2. The van der Waals surface area contributed by atoms with Crippen LogP contribution in [-0.2, 0) is 6.54 Å². The topological polar surface area (TPSA) is 69.2 Å². The zero-order valence-corrected chi connectivity index (χ0v) is 10.7. The molecule has 0 amide bonds. The Morgan fingerprint density at radius 2 is 2.24 bits per heavy atom. The lowest BCUT2D eigenvalue weighted by Crippen LogP contribution is -2.31. The molecular weight excluding hydrogens is 216 g/mol. The molecular formula is C13H20N2O2. The SMILES string of the molecule is CC(O)CC(C)(C)CNCc1ccc(C#N)o1. The van der Waals surface area contributed by atoms with Gasteiger partial charge in [0.25, 0.3) is 0 Å². The zero-order valence-electron chi connectivity index (χ0n) is 10.7. The van der Waals surface area contributed by atoms with Crippen LogP contribution in [-0.4, -0.2) is 17.8 Å². The van der Waals surface area contributed by atoms with E-state index in [-0.39, 0.29) is 11.5 Å². The first-order valence-electron chi connectivity index (χ1n) is 5.80. The number of hydrogen-bond acceptors (Lipinski definition) is 4. The van der Waals surface area contributed by atoms with Crippen molar-refractivity contribution in [3.05, 3.63) is 23.7 Å². The second-order valence-electron chi connectivity index (χ2n) is 5.20. The number of furan rings is 1. The highest BCUT2D eigenvalue weighted by molar-refractivity contribution is 5.18. The average Bonchev–Trinajstić information content (AvgIpc) is 2.63. The van der Waals surface area contributed by atoms with Gasteiger partial charge in [-0.25, -0.2) is 0 Å². The molecule has 17 heavy (non-hydrogen) atoms. The maximum atomic E-state index is 9.36. The summed E-state index contributed by atoms with van der Waals surface area (Å²) in [5.74, 6) is 1.10. The van der Waals surface area contributed by atoms with Crippen molar-refractivity contribution < 1.29 is 9.52 Å². The Morgan fingerprint density at radius 3 is 2.76 bits per heavy atom. The van der Waals surface area contributed by atoms with E-state index in [0.29, 0.717) is 12.3 Å². The largest absolute Gasteiger partial charge is 0.449 e. The van der Waals surface area contributed by atoms with E-state index in [9.17, 15) is 5.11 Å². The molecule has 0 bridgehead atoms. The van der Waals surface area contributed by atoms with Crippen molar-refractivity contribution in [3.63, 3.8) is 0 Å². The van der Waals surface area contributed by atoms with Crippen LogP contribution in [0.5, 0.6) is 0 Å². The molecule has 1 aromatic heterocycles. The van der Waals surface area contributed by atoms with Crippen LogP contribution < -0.4 is 5.32 Å². The summed E-state index contributed by atoms with van der Waals surface area (Å²) in [5.41, 5.74) is 0.0405. The minimum atomic E-state index is -0.291. The number of rotatable bonds is 6. The molecule has 0 radical (unpaired) electrons. The molecule has 1 aromatic rings. The van der Waals surface area contributed by atoms with Crippen LogP contribution in [0, 0.1) is 16.7 Å². The summed E-state index contributed by atoms with van der Waals surface area (Å²) in [7, 11) is 0. The van der Waals surface area contributed by atoms with Crippen LogP contribution in [0.3, 0.4) is 0 Å². The van der Waals surface area contributed by atoms with Gasteiger partial charge in [0, 0.05) is 6.54 Å². The molecule has 2 N–H and O–H groups in total. The Labute approximate surface area is 102 Å². The summed E-state index contributed by atoms with van der Waals surface area (Å²) in [6.45, 7) is 7.41. The van der Waals surface area contributed by atoms with E-state index in [1.807, 2.05) is 6.07 Å². The molecule has 1 unspecified atom stereocenters. The Bertz CT molecular complexity index is 388. The van der Waals surface area contributed by atoms with Gasteiger partial charge in [-0.3, -0.25) is 0 Å². The summed E-state index contributed by atoms with van der Waals surface area (Å²) in [6, 6.07) is 5.42. The standard InChI is InChI=1S/C13H20N2O2/c1-10(16)6-13(2,3)9-15-8-12-5-4-11(7-14)17-12/h4-5,10,15-16H,6,8-9H2,1-3H3. The second kappa shape index (κ2) is 5.85. The summed E-state index contributed by atoms with van der Waals surface area (Å²) in [4.78, 5) is 0. The van der Waals surface area contributed by atoms with Gasteiger partial charge in [0.15, 0.2) is 0 Å². The van der Waals surface area contributed by atoms with Crippen LogP contribution in [0.1, 0.15) is 38.7 Å². The molecule has 0 aliphatic rings. The Hall–Kier alpha value is -1.31. The van der Waals surface area contributed by atoms with Gasteiger partial charge in [-0.2, -0.15) is 5.26 Å². The number of nitrogens with zero attached hydrogens (tertiary/aromatic N) is 1. The Balaban J connectivity index is 2.35. The molecule has 0 spiro atoms. The molecule has 0 aliphatic heterocycles. The molecule has 1 heterocycles. The first-order valence-corrected chi connectivity index (χ1v) is 5.80.